The van der Waals surface area contributed by atoms with E-state index in [1.807, 2.05) is 30.3 Å². The van der Waals surface area contributed by atoms with Crippen molar-refractivity contribution in [1.82, 2.24) is 0 Å². The molecular weight excluding hydrogens is 307 g/mol. The Bertz CT molecular complexity index is 503. The number of thioether (sulfide) groups is 1. The highest BCUT2D eigenvalue weighted by atomic mass is 35.5. The third kappa shape index (κ3) is 3.58. The molecular formula is C14H11Cl3S. The molecule has 2 aromatic rings. The Morgan fingerprint density at radius 2 is 1.50 bits per heavy atom. The molecule has 0 radical (unpaired) electrons. The van der Waals surface area contributed by atoms with Crippen molar-refractivity contribution >= 4 is 46.6 Å². The first kappa shape index (κ1) is 14.1. The van der Waals surface area contributed by atoms with Gasteiger partial charge in [-0.1, -0.05) is 41.4 Å². The van der Waals surface area contributed by atoms with E-state index in [9.17, 15) is 0 Å². The van der Waals surface area contributed by atoms with Crippen LogP contribution in [-0.2, 0) is 11.6 Å². The Hall–Kier alpha value is -0.340. The lowest BCUT2D eigenvalue weighted by Gasteiger charge is -2.07. The molecule has 0 spiro atoms. The zero-order valence-corrected chi connectivity index (χ0v) is 12.6. The molecule has 0 heterocycles. The van der Waals surface area contributed by atoms with E-state index in [1.54, 1.807) is 11.8 Å². The van der Waals surface area contributed by atoms with Gasteiger partial charge in [-0.15, -0.1) is 23.4 Å². The summed E-state index contributed by atoms with van der Waals surface area (Å²) in [7, 11) is 0. The first-order chi connectivity index (χ1) is 8.70. The van der Waals surface area contributed by atoms with Gasteiger partial charge >= 0.3 is 0 Å². The summed E-state index contributed by atoms with van der Waals surface area (Å²) in [5, 5.41) is 1.43. The van der Waals surface area contributed by atoms with E-state index in [-0.39, 0.29) is 0 Å². The maximum atomic E-state index is 6.13. The Balaban J connectivity index is 2.06. The molecule has 0 atom stereocenters. The van der Waals surface area contributed by atoms with E-state index in [1.165, 1.54) is 4.90 Å². The first-order valence-corrected chi connectivity index (χ1v) is 7.69. The highest BCUT2D eigenvalue weighted by Crippen LogP contribution is 2.31. The average Bonchev–Trinajstić information content (AvgIpc) is 2.39. The fraction of sp³-hybridized carbons (Fsp3) is 0.143. The summed E-state index contributed by atoms with van der Waals surface area (Å²) >= 11 is 19.7. The normalized spacial score (nSPS) is 10.6. The summed E-state index contributed by atoms with van der Waals surface area (Å²) in [5.74, 6) is 1.31. The lowest BCUT2D eigenvalue weighted by molar-refractivity contribution is 1.33. The van der Waals surface area contributed by atoms with Crippen molar-refractivity contribution in [3.8, 4) is 0 Å². The maximum absolute atomic E-state index is 6.13. The largest absolute Gasteiger partial charge is 0.122 e. The maximum Gasteiger partial charge on any atom is 0.0474 e. The number of hydrogen-bond acceptors (Lipinski definition) is 1. The highest BCUT2D eigenvalue weighted by molar-refractivity contribution is 7.98. The summed E-state index contributed by atoms with van der Waals surface area (Å²) in [6.45, 7) is 0. The van der Waals surface area contributed by atoms with Crippen molar-refractivity contribution in [3.05, 3.63) is 63.6 Å². The van der Waals surface area contributed by atoms with Gasteiger partial charge in [0, 0.05) is 26.6 Å². The molecule has 0 aromatic heterocycles. The minimum Gasteiger partial charge on any atom is -0.122 e. The van der Waals surface area contributed by atoms with Crippen molar-refractivity contribution < 1.29 is 0 Å². The topological polar surface area (TPSA) is 0 Å². The van der Waals surface area contributed by atoms with Crippen molar-refractivity contribution in [3.63, 3.8) is 0 Å². The van der Waals surface area contributed by atoms with Crippen LogP contribution in [0.1, 0.15) is 11.1 Å². The van der Waals surface area contributed by atoms with E-state index in [0.717, 1.165) is 16.9 Å². The second kappa shape index (κ2) is 6.72. The van der Waals surface area contributed by atoms with Gasteiger partial charge in [0.1, 0.15) is 0 Å². The summed E-state index contributed by atoms with van der Waals surface area (Å²) < 4.78 is 0. The van der Waals surface area contributed by atoms with E-state index in [2.05, 4.69) is 12.1 Å². The second-order valence-electron chi connectivity index (χ2n) is 3.77. The van der Waals surface area contributed by atoms with E-state index >= 15 is 0 Å². The van der Waals surface area contributed by atoms with Crippen molar-refractivity contribution in [2.75, 3.05) is 0 Å². The van der Waals surface area contributed by atoms with Gasteiger partial charge in [-0.05, 0) is 35.4 Å². The van der Waals surface area contributed by atoms with Crippen LogP contribution in [-0.4, -0.2) is 0 Å². The van der Waals surface area contributed by atoms with Crippen LogP contribution in [0.3, 0.4) is 0 Å². The van der Waals surface area contributed by atoms with Gasteiger partial charge in [-0.3, -0.25) is 0 Å². The van der Waals surface area contributed by atoms with Crippen LogP contribution in [0.4, 0.5) is 0 Å². The summed E-state index contributed by atoms with van der Waals surface area (Å²) in [4.78, 5) is 1.18. The highest BCUT2D eigenvalue weighted by Gasteiger charge is 2.05. The summed E-state index contributed by atoms with van der Waals surface area (Å²) in [5.41, 5.74) is 2.10. The molecule has 0 bridgehead atoms. The van der Waals surface area contributed by atoms with Crippen LogP contribution in [0.25, 0.3) is 0 Å². The van der Waals surface area contributed by atoms with Gasteiger partial charge in [0.15, 0.2) is 0 Å². The monoisotopic (exact) mass is 316 g/mol. The van der Waals surface area contributed by atoms with Crippen molar-refractivity contribution in [1.29, 1.82) is 0 Å². The van der Waals surface area contributed by atoms with Crippen LogP contribution >= 0.6 is 46.6 Å². The molecule has 0 N–H and O–H groups in total. The molecule has 0 aliphatic rings. The molecule has 18 heavy (non-hydrogen) atoms. The summed E-state index contributed by atoms with van der Waals surface area (Å²) in [6, 6.07) is 13.8. The van der Waals surface area contributed by atoms with Crippen LogP contribution in [0.5, 0.6) is 0 Å². The van der Waals surface area contributed by atoms with Gasteiger partial charge < -0.3 is 0 Å². The van der Waals surface area contributed by atoms with Gasteiger partial charge in [0.2, 0.25) is 0 Å². The van der Waals surface area contributed by atoms with E-state index < -0.39 is 0 Å². The predicted molar refractivity (Wildman–Crippen MR) is 82.0 cm³/mol. The smallest absolute Gasteiger partial charge is 0.0474 e. The van der Waals surface area contributed by atoms with Crippen LogP contribution in [0.2, 0.25) is 10.0 Å². The van der Waals surface area contributed by atoms with Gasteiger partial charge in [0.25, 0.3) is 0 Å². The van der Waals surface area contributed by atoms with Crippen LogP contribution in [0, 0.1) is 0 Å². The number of rotatable bonds is 4. The zero-order valence-electron chi connectivity index (χ0n) is 9.50. The van der Waals surface area contributed by atoms with E-state index in [0.29, 0.717) is 15.9 Å². The van der Waals surface area contributed by atoms with Gasteiger partial charge in [-0.2, -0.15) is 0 Å². The van der Waals surface area contributed by atoms with Gasteiger partial charge in [-0.25, -0.2) is 0 Å². The lowest BCUT2D eigenvalue weighted by atomic mass is 10.2. The third-order valence-corrected chi connectivity index (χ3v) is 4.58. The van der Waals surface area contributed by atoms with Crippen LogP contribution < -0.4 is 0 Å². The Morgan fingerprint density at radius 1 is 0.889 bits per heavy atom. The first-order valence-electron chi connectivity index (χ1n) is 5.41. The fourth-order valence-electron chi connectivity index (χ4n) is 1.50. The zero-order chi connectivity index (χ0) is 13.0. The SMILES string of the molecule is ClCc1ccc(SCc2c(Cl)cccc2Cl)cc1. The molecule has 0 fully saturated rings. The molecule has 2 rings (SSSR count). The molecule has 0 unspecified atom stereocenters. The van der Waals surface area contributed by atoms with Gasteiger partial charge in [0.05, 0.1) is 0 Å². The molecule has 94 valence electrons. The Kier molecular flexibility index (Phi) is 5.25. The molecule has 0 amide bonds. The van der Waals surface area contributed by atoms with Crippen molar-refractivity contribution in [2.45, 2.75) is 16.5 Å². The molecule has 0 saturated carbocycles. The Labute approximate surface area is 126 Å². The number of alkyl halides is 1. The number of halogens is 3. The predicted octanol–water partition coefficient (Wildman–Crippen LogP) is 6.02. The third-order valence-electron chi connectivity index (χ3n) is 2.52. The molecule has 0 nitrogen and oxygen atoms in total. The minimum absolute atomic E-state index is 0.543. The number of benzene rings is 2. The molecule has 0 aliphatic heterocycles. The average molecular weight is 318 g/mol. The lowest BCUT2D eigenvalue weighted by Crippen LogP contribution is -1.85. The Morgan fingerprint density at radius 3 is 2.06 bits per heavy atom. The molecule has 0 aliphatic carbocycles. The fourth-order valence-corrected chi connectivity index (χ4v) is 3.32. The quantitative estimate of drug-likeness (QED) is 0.490. The molecule has 2 aromatic carbocycles. The van der Waals surface area contributed by atoms with Crippen molar-refractivity contribution in [2.24, 2.45) is 0 Å². The minimum atomic E-state index is 0.543. The summed E-state index contributed by atoms with van der Waals surface area (Å²) in [6.07, 6.45) is 0. The molecule has 0 saturated heterocycles. The standard InChI is InChI=1S/C14H11Cl3S/c15-8-10-4-6-11(7-5-10)18-9-12-13(16)2-1-3-14(12)17/h1-7H,8-9H2. The van der Waals surface area contributed by atoms with Crippen LogP contribution in [0.15, 0.2) is 47.4 Å². The van der Waals surface area contributed by atoms with E-state index in [4.69, 9.17) is 34.8 Å². The molecule has 4 heteroatoms. The number of hydrogen-bond donors (Lipinski definition) is 0. The second-order valence-corrected chi connectivity index (χ2v) is 5.90.